The zero-order chi connectivity index (χ0) is 20.5. The SMILES string of the molecule is CCCc1sc(C(=O)OCc2nnc3n(C)c(=O)c4ccccc4n23)cc1CC. The fourth-order valence-corrected chi connectivity index (χ4v) is 4.74. The number of hydrogen-bond donors (Lipinski definition) is 0. The van der Waals surface area contributed by atoms with E-state index in [0.717, 1.165) is 19.3 Å². The summed E-state index contributed by atoms with van der Waals surface area (Å²) in [7, 11) is 1.65. The molecule has 0 aliphatic rings. The van der Waals surface area contributed by atoms with E-state index in [0.29, 0.717) is 27.4 Å². The molecule has 0 atom stereocenters. The number of aryl methyl sites for hydroxylation is 3. The van der Waals surface area contributed by atoms with Gasteiger partial charge < -0.3 is 4.74 Å². The molecule has 1 aromatic carbocycles. The lowest BCUT2D eigenvalue weighted by Crippen LogP contribution is -2.20. The van der Waals surface area contributed by atoms with Crippen molar-refractivity contribution in [1.29, 1.82) is 0 Å². The summed E-state index contributed by atoms with van der Waals surface area (Å²) in [6, 6.07) is 9.20. The highest BCUT2D eigenvalue weighted by molar-refractivity contribution is 7.14. The van der Waals surface area contributed by atoms with Crippen LogP contribution in [-0.2, 0) is 31.2 Å². The number of nitrogens with zero attached hydrogens (tertiary/aromatic N) is 4. The van der Waals surface area contributed by atoms with E-state index in [1.807, 2.05) is 24.3 Å². The lowest BCUT2D eigenvalue weighted by atomic mass is 10.1. The summed E-state index contributed by atoms with van der Waals surface area (Å²) in [5.41, 5.74) is 1.76. The maximum atomic E-state index is 12.6. The lowest BCUT2D eigenvalue weighted by molar-refractivity contribution is 0.0467. The van der Waals surface area contributed by atoms with Crippen molar-refractivity contribution < 1.29 is 9.53 Å². The Hall–Kier alpha value is -3.00. The summed E-state index contributed by atoms with van der Waals surface area (Å²) in [5, 5.41) is 8.84. The highest BCUT2D eigenvalue weighted by atomic mass is 32.1. The second-order valence-electron chi connectivity index (χ2n) is 6.87. The van der Waals surface area contributed by atoms with Crippen molar-refractivity contribution in [2.24, 2.45) is 7.05 Å². The number of para-hydroxylation sites is 1. The summed E-state index contributed by atoms with van der Waals surface area (Å²) < 4.78 is 8.76. The Balaban J connectivity index is 1.66. The van der Waals surface area contributed by atoms with Gasteiger partial charge in [-0.2, -0.15) is 0 Å². The molecule has 0 spiro atoms. The highest BCUT2D eigenvalue weighted by Gasteiger charge is 2.18. The van der Waals surface area contributed by atoms with Crippen LogP contribution in [0, 0.1) is 0 Å². The van der Waals surface area contributed by atoms with Gasteiger partial charge in [0.25, 0.3) is 5.56 Å². The minimum atomic E-state index is -0.363. The van der Waals surface area contributed by atoms with Crippen molar-refractivity contribution in [3.8, 4) is 0 Å². The molecule has 0 aliphatic carbocycles. The Morgan fingerprint density at radius 1 is 1.21 bits per heavy atom. The summed E-state index contributed by atoms with van der Waals surface area (Å²) in [5.74, 6) is 0.522. The van der Waals surface area contributed by atoms with Crippen LogP contribution in [0.4, 0.5) is 0 Å². The summed E-state index contributed by atoms with van der Waals surface area (Å²) in [6.45, 7) is 4.20. The number of carbonyl (C=O) groups excluding carboxylic acids is 1. The fraction of sp³-hybridized carbons (Fsp3) is 0.333. The molecule has 0 aliphatic heterocycles. The summed E-state index contributed by atoms with van der Waals surface area (Å²) >= 11 is 1.50. The van der Waals surface area contributed by atoms with Crippen LogP contribution in [0.3, 0.4) is 0 Å². The molecule has 3 aromatic heterocycles. The molecule has 7 nitrogen and oxygen atoms in total. The Labute approximate surface area is 171 Å². The van der Waals surface area contributed by atoms with E-state index in [1.54, 1.807) is 17.5 Å². The van der Waals surface area contributed by atoms with Gasteiger partial charge in [-0.25, -0.2) is 4.79 Å². The Morgan fingerprint density at radius 2 is 2.00 bits per heavy atom. The molecule has 0 saturated carbocycles. The van der Waals surface area contributed by atoms with Gasteiger partial charge in [0.15, 0.2) is 12.4 Å². The first kappa shape index (κ1) is 19.3. The van der Waals surface area contributed by atoms with E-state index < -0.39 is 0 Å². The Bertz CT molecular complexity index is 1270. The van der Waals surface area contributed by atoms with Gasteiger partial charge in [-0.05, 0) is 36.6 Å². The topological polar surface area (TPSA) is 78.5 Å². The number of hydrogen-bond acceptors (Lipinski definition) is 6. The summed E-state index contributed by atoms with van der Waals surface area (Å²) in [4.78, 5) is 27.0. The van der Waals surface area contributed by atoms with Crippen LogP contribution in [0.5, 0.6) is 0 Å². The van der Waals surface area contributed by atoms with E-state index in [4.69, 9.17) is 4.74 Å². The Kier molecular flexibility index (Phi) is 5.19. The van der Waals surface area contributed by atoms with Crippen LogP contribution < -0.4 is 5.56 Å². The average Bonchev–Trinajstić information content (AvgIpc) is 3.35. The molecule has 0 bridgehead atoms. The van der Waals surface area contributed by atoms with Crippen LogP contribution >= 0.6 is 11.3 Å². The third-order valence-electron chi connectivity index (χ3n) is 4.98. The number of esters is 1. The molecular weight excluding hydrogens is 388 g/mol. The zero-order valence-electron chi connectivity index (χ0n) is 16.6. The first-order valence-electron chi connectivity index (χ1n) is 9.65. The molecule has 0 fully saturated rings. The normalized spacial score (nSPS) is 11.4. The standard InChI is InChI=1S/C21H22N4O3S/c1-4-8-16-13(5-2)11-17(29-16)20(27)28-12-18-22-23-21-24(3)19(26)14-9-6-7-10-15(14)25(18)21/h6-7,9-11H,4-5,8,12H2,1-3H3. The molecular formula is C21H22N4O3S. The maximum absolute atomic E-state index is 12.6. The number of benzene rings is 1. The molecule has 3 heterocycles. The van der Waals surface area contributed by atoms with E-state index in [9.17, 15) is 9.59 Å². The minimum absolute atomic E-state index is 0.0231. The third-order valence-corrected chi connectivity index (χ3v) is 6.20. The van der Waals surface area contributed by atoms with Crippen molar-refractivity contribution in [1.82, 2.24) is 19.2 Å². The number of thiophene rings is 1. The molecule has 4 rings (SSSR count). The minimum Gasteiger partial charge on any atom is -0.453 e. The molecule has 0 radical (unpaired) electrons. The van der Waals surface area contributed by atoms with Crippen molar-refractivity contribution in [2.75, 3.05) is 0 Å². The van der Waals surface area contributed by atoms with Crippen LogP contribution in [-0.4, -0.2) is 25.1 Å². The second-order valence-corrected chi connectivity index (χ2v) is 8.01. The predicted octanol–water partition coefficient (Wildman–Crippen LogP) is 3.51. The van der Waals surface area contributed by atoms with Gasteiger partial charge >= 0.3 is 5.97 Å². The molecule has 8 heteroatoms. The molecule has 0 amide bonds. The lowest BCUT2D eigenvalue weighted by Gasteiger charge is -2.08. The van der Waals surface area contributed by atoms with Gasteiger partial charge in [0.05, 0.1) is 10.9 Å². The Morgan fingerprint density at radius 3 is 2.76 bits per heavy atom. The van der Waals surface area contributed by atoms with Crippen molar-refractivity contribution in [3.05, 3.63) is 61.8 Å². The number of carbonyl (C=O) groups is 1. The second kappa shape index (κ2) is 7.79. The van der Waals surface area contributed by atoms with Gasteiger partial charge in [0.2, 0.25) is 5.78 Å². The molecule has 0 saturated heterocycles. The van der Waals surface area contributed by atoms with E-state index in [2.05, 4.69) is 24.0 Å². The molecule has 4 aromatic rings. The van der Waals surface area contributed by atoms with Crippen molar-refractivity contribution in [2.45, 2.75) is 39.7 Å². The largest absolute Gasteiger partial charge is 0.453 e. The van der Waals surface area contributed by atoms with Crippen LogP contribution in [0.15, 0.2) is 35.1 Å². The quantitative estimate of drug-likeness (QED) is 0.455. The smallest absolute Gasteiger partial charge is 0.348 e. The molecule has 0 unspecified atom stereocenters. The first-order valence-corrected chi connectivity index (χ1v) is 10.5. The van der Waals surface area contributed by atoms with Gasteiger partial charge in [0, 0.05) is 11.9 Å². The molecule has 29 heavy (non-hydrogen) atoms. The van der Waals surface area contributed by atoms with Crippen molar-refractivity contribution >= 4 is 34.0 Å². The van der Waals surface area contributed by atoms with E-state index in [1.165, 1.54) is 26.3 Å². The van der Waals surface area contributed by atoms with Crippen LogP contribution in [0.1, 0.15) is 46.2 Å². The monoisotopic (exact) mass is 410 g/mol. The predicted molar refractivity (Wildman–Crippen MR) is 113 cm³/mol. The number of ether oxygens (including phenoxy) is 1. The van der Waals surface area contributed by atoms with E-state index >= 15 is 0 Å². The molecule has 0 N–H and O–H groups in total. The third kappa shape index (κ3) is 3.33. The summed E-state index contributed by atoms with van der Waals surface area (Å²) in [6.07, 6.45) is 2.91. The van der Waals surface area contributed by atoms with Gasteiger partial charge in [-0.15, -0.1) is 21.5 Å². The first-order chi connectivity index (χ1) is 14.0. The van der Waals surface area contributed by atoms with Gasteiger partial charge in [-0.3, -0.25) is 13.8 Å². The number of aromatic nitrogens is 4. The highest BCUT2D eigenvalue weighted by Crippen LogP contribution is 2.25. The van der Waals surface area contributed by atoms with Gasteiger partial charge in [-0.1, -0.05) is 32.4 Å². The number of fused-ring (bicyclic) bond motifs is 3. The average molecular weight is 410 g/mol. The van der Waals surface area contributed by atoms with E-state index in [-0.39, 0.29) is 18.1 Å². The fourth-order valence-electron chi connectivity index (χ4n) is 3.49. The van der Waals surface area contributed by atoms with Crippen LogP contribution in [0.25, 0.3) is 16.7 Å². The maximum Gasteiger partial charge on any atom is 0.348 e. The van der Waals surface area contributed by atoms with Crippen LogP contribution in [0.2, 0.25) is 0 Å². The molecule has 150 valence electrons. The van der Waals surface area contributed by atoms with Gasteiger partial charge in [0.1, 0.15) is 4.88 Å². The number of rotatable bonds is 6. The zero-order valence-corrected chi connectivity index (χ0v) is 17.5. The van der Waals surface area contributed by atoms with Crippen molar-refractivity contribution in [3.63, 3.8) is 0 Å².